The Bertz CT molecular complexity index is 560. The van der Waals surface area contributed by atoms with Gasteiger partial charge in [0.1, 0.15) is 12.4 Å². The van der Waals surface area contributed by atoms with E-state index in [-0.39, 0.29) is 13.2 Å². The molecule has 1 heterocycles. The van der Waals surface area contributed by atoms with Crippen molar-refractivity contribution >= 4 is 0 Å². The second kappa shape index (κ2) is 6.15. The Kier molecular flexibility index (Phi) is 4.30. The summed E-state index contributed by atoms with van der Waals surface area (Å²) in [4.78, 5) is 0. The number of aromatic nitrogens is 2. The molecule has 0 bridgehead atoms. The van der Waals surface area contributed by atoms with Gasteiger partial charge in [0.2, 0.25) is 0 Å². The SMILES string of the molecule is Cn1ccc(-c2ccc(OC/C(=C\F)CN)cc2)n1. The Morgan fingerprint density at radius 1 is 1.37 bits per heavy atom. The first-order valence-corrected chi connectivity index (χ1v) is 5.94. The van der Waals surface area contributed by atoms with Gasteiger partial charge < -0.3 is 10.5 Å². The van der Waals surface area contributed by atoms with Crippen LogP contribution in [0.1, 0.15) is 0 Å². The molecule has 5 heteroatoms. The van der Waals surface area contributed by atoms with Gasteiger partial charge in [-0.2, -0.15) is 5.10 Å². The van der Waals surface area contributed by atoms with E-state index in [9.17, 15) is 4.39 Å². The minimum atomic E-state index is 0.155. The van der Waals surface area contributed by atoms with Gasteiger partial charge in [0.15, 0.2) is 0 Å². The lowest BCUT2D eigenvalue weighted by Gasteiger charge is -2.07. The average Bonchev–Trinajstić information content (AvgIpc) is 2.87. The number of aryl methyl sites for hydroxylation is 1. The number of rotatable bonds is 5. The summed E-state index contributed by atoms with van der Waals surface area (Å²) >= 11 is 0. The van der Waals surface area contributed by atoms with Crippen molar-refractivity contribution in [2.75, 3.05) is 13.2 Å². The van der Waals surface area contributed by atoms with E-state index in [2.05, 4.69) is 5.10 Å². The van der Waals surface area contributed by atoms with Crippen LogP contribution in [0.15, 0.2) is 48.4 Å². The summed E-state index contributed by atoms with van der Waals surface area (Å²) in [6, 6.07) is 9.43. The molecule has 0 amide bonds. The molecule has 0 aliphatic carbocycles. The summed E-state index contributed by atoms with van der Waals surface area (Å²) in [5.41, 5.74) is 7.69. The third-order valence-electron chi connectivity index (χ3n) is 2.70. The molecule has 0 aliphatic rings. The average molecular weight is 261 g/mol. The largest absolute Gasteiger partial charge is 0.489 e. The Morgan fingerprint density at radius 3 is 2.63 bits per heavy atom. The Balaban J connectivity index is 2.02. The van der Waals surface area contributed by atoms with E-state index in [1.54, 1.807) is 4.68 Å². The maximum Gasteiger partial charge on any atom is 0.119 e. The van der Waals surface area contributed by atoms with Crippen LogP contribution in [0.5, 0.6) is 5.75 Å². The third kappa shape index (κ3) is 3.42. The molecule has 100 valence electrons. The molecule has 0 spiro atoms. The number of hydrogen-bond donors (Lipinski definition) is 1. The molecular formula is C14H16FN3O. The summed E-state index contributed by atoms with van der Waals surface area (Å²) < 4.78 is 19.5. The van der Waals surface area contributed by atoms with Gasteiger partial charge >= 0.3 is 0 Å². The normalized spacial score (nSPS) is 11.6. The van der Waals surface area contributed by atoms with Crippen LogP contribution < -0.4 is 10.5 Å². The highest BCUT2D eigenvalue weighted by atomic mass is 19.1. The summed E-state index contributed by atoms with van der Waals surface area (Å²) in [6.45, 7) is 0.318. The molecule has 0 radical (unpaired) electrons. The highest BCUT2D eigenvalue weighted by molar-refractivity contribution is 5.59. The van der Waals surface area contributed by atoms with E-state index < -0.39 is 0 Å². The quantitative estimate of drug-likeness (QED) is 0.898. The van der Waals surface area contributed by atoms with Crippen LogP contribution in [-0.2, 0) is 7.05 Å². The van der Waals surface area contributed by atoms with Crippen molar-refractivity contribution in [2.24, 2.45) is 12.8 Å². The van der Waals surface area contributed by atoms with Crippen LogP contribution in [0.3, 0.4) is 0 Å². The van der Waals surface area contributed by atoms with Crippen molar-refractivity contribution in [1.82, 2.24) is 9.78 Å². The van der Waals surface area contributed by atoms with Crippen molar-refractivity contribution in [3.63, 3.8) is 0 Å². The lowest BCUT2D eigenvalue weighted by molar-refractivity contribution is 0.347. The predicted octanol–water partition coefficient (Wildman–Crippen LogP) is 2.28. The van der Waals surface area contributed by atoms with Crippen molar-refractivity contribution in [1.29, 1.82) is 0 Å². The first-order chi connectivity index (χ1) is 9.22. The van der Waals surface area contributed by atoms with Gasteiger partial charge in [-0.25, -0.2) is 4.39 Å². The minimum absolute atomic E-state index is 0.155. The first kappa shape index (κ1) is 13.3. The fourth-order valence-corrected chi connectivity index (χ4v) is 1.60. The number of nitrogens with zero attached hydrogens (tertiary/aromatic N) is 2. The molecule has 2 N–H and O–H groups in total. The Labute approximate surface area is 111 Å². The van der Waals surface area contributed by atoms with Gasteiger partial charge in [-0.05, 0) is 30.3 Å². The van der Waals surface area contributed by atoms with Crippen molar-refractivity contribution in [3.8, 4) is 17.0 Å². The molecule has 1 aromatic heterocycles. The molecule has 1 aromatic carbocycles. The number of nitrogens with two attached hydrogens (primary N) is 1. The molecule has 0 unspecified atom stereocenters. The van der Waals surface area contributed by atoms with Gasteiger partial charge in [0.05, 0.1) is 12.0 Å². The zero-order valence-corrected chi connectivity index (χ0v) is 10.7. The Morgan fingerprint density at radius 2 is 2.11 bits per heavy atom. The highest BCUT2D eigenvalue weighted by Gasteiger charge is 2.02. The second-order valence-corrected chi connectivity index (χ2v) is 4.16. The van der Waals surface area contributed by atoms with Crippen molar-refractivity contribution in [3.05, 3.63) is 48.4 Å². The second-order valence-electron chi connectivity index (χ2n) is 4.16. The first-order valence-electron chi connectivity index (χ1n) is 5.94. The topological polar surface area (TPSA) is 53.1 Å². The molecule has 2 aromatic rings. The van der Waals surface area contributed by atoms with E-state index in [4.69, 9.17) is 10.5 Å². The smallest absolute Gasteiger partial charge is 0.119 e. The monoisotopic (exact) mass is 261 g/mol. The van der Waals surface area contributed by atoms with E-state index in [1.165, 1.54) is 0 Å². The highest BCUT2D eigenvalue weighted by Crippen LogP contribution is 2.20. The molecule has 0 atom stereocenters. The summed E-state index contributed by atoms with van der Waals surface area (Å²) in [7, 11) is 1.87. The van der Waals surface area contributed by atoms with E-state index in [0.717, 1.165) is 11.3 Å². The van der Waals surface area contributed by atoms with Crippen molar-refractivity contribution < 1.29 is 9.13 Å². The maximum atomic E-state index is 12.3. The maximum absolute atomic E-state index is 12.3. The van der Waals surface area contributed by atoms with Crippen LogP contribution in [0.4, 0.5) is 4.39 Å². The predicted molar refractivity (Wildman–Crippen MR) is 72.4 cm³/mol. The van der Waals surface area contributed by atoms with Crippen LogP contribution in [0.25, 0.3) is 11.3 Å². The standard InChI is InChI=1S/C14H16FN3O/c1-18-7-6-14(17-18)12-2-4-13(5-3-12)19-10-11(8-15)9-16/h2-8H,9-10,16H2,1H3/b11-8-. The third-order valence-corrected chi connectivity index (χ3v) is 2.70. The zero-order valence-electron chi connectivity index (χ0n) is 10.7. The molecule has 0 fully saturated rings. The molecule has 0 aliphatic heterocycles. The molecule has 19 heavy (non-hydrogen) atoms. The molecule has 0 saturated heterocycles. The van der Waals surface area contributed by atoms with Gasteiger partial charge in [-0.3, -0.25) is 4.68 Å². The summed E-state index contributed by atoms with van der Waals surface area (Å²) in [6.07, 6.45) is 2.38. The minimum Gasteiger partial charge on any atom is -0.489 e. The summed E-state index contributed by atoms with van der Waals surface area (Å²) in [5.74, 6) is 0.674. The van der Waals surface area contributed by atoms with Crippen LogP contribution in [0.2, 0.25) is 0 Å². The van der Waals surface area contributed by atoms with Gasteiger partial charge in [0, 0.05) is 30.9 Å². The van der Waals surface area contributed by atoms with E-state index in [1.807, 2.05) is 43.6 Å². The lowest BCUT2D eigenvalue weighted by atomic mass is 10.1. The number of halogens is 1. The van der Waals surface area contributed by atoms with E-state index in [0.29, 0.717) is 17.7 Å². The van der Waals surface area contributed by atoms with Gasteiger partial charge in [0.25, 0.3) is 0 Å². The van der Waals surface area contributed by atoms with Gasteiger partial charge in [-0.15, -0.1) is 0 Å². The lowest BCUT2D eigenvalue weighted by Crippen LogP contribution is -2.10. The summed E-state index contributed by atoms with van der Waals surface area (Å²) in [5, 5.41) is 4.31. The molecular weight excluding hydrogens is 245 g/mol. The van der Waals surface area contributed by atoms with E-state index >= 15 is 0 Å². The van der Waals surface area contributed by atoms with Crippen LogP contribution >= 0.6 is 0 Å². The number of hydrogen-bond acceptors (Lipinski definition) is 3. The molecule has 2 rings (SSSR count). The van der Waals surface area contributed by atoms with Crippen LogP contribution in [-0.4, -0.2) is 22.9 Å². The fourth-order valence-electron chi connectivity index (χ4n) is 1.60. The fraction of sp³-hybridized carbons (Fsp3) is 0.214. The zero-order chi connectivity index (χ0) is 13.7. The molecule has 0 saturated carbocycles. The Hall–Kier alpha value is -2.14. The molecule has 4 nitrogen and oxygen atoms in total. The number of ether oxygens (including phenoxy) is 1. The van der Waals surface area contributed by atoms with Crippen molar-refractivity contribution in [2.45, 2.75) is 0 Å². The number of benzene rings is 1. The van der Waals surface area contributed by atoms with Gasteiger partial charge in [-0.1, -0.05) is 0 Å². The van der Waals surface area contributed by atoms with Crippen LogP contribution in [0, 0.1) is 0 Å².